The van der Waals surface area contributed by atoms with Crippen LogP contribution in [0.3, 0.4) is 0 Å². The number of anilines is 2. The minimum Gasteiger partial charge on any atom is -0.506 e. The lowest BCUT2D eigenvalue weighted by atomic mass is 9.73. The van der Waals surface area contributed by atoms with Crippen molar-refractivity contribution in [1.82, 2.24) is 5.01 Å². The Morgan fingerprint density at radius 2 is 1.47 bits per heavy atom. The van der Waals surface area contributed by atoms with Gasteiger partial charge in [0, 0.05) is 29.8 Å². The molecule has 3 saturated carbocycles. The van der Waals surface area contributed by atoms with E-state index in [2.05, 4.69) is 24.1 Å². The van der Waals surface area contributed by atoms with Gasteiger partial charge in [-0.25, -0.2) is 5.01 Å². The van der Waals surface area contributed by atoms with E-state index in [9.17, 15) is 19.5 Å². The summed E-state index contributed by atoms with van der Waals surface area (Å²) in [6.45, 7) is 11.5. The molecular formula is C43H62N4O4. The maximum atomic E-state index is 14.8. The third kappa shape index (κ3) is 7.57. The Balaban J connectivity index is 1.41. The van der Waals surface area contributed by atoms with E-state index in [-0.39, 0.29) is 40.5 Å². The topological polar surface area (TPSA) is 102 Å². The normalized spacial score (nSPS) is 22.6. The van der Waals surface area contributed by atoms with Gasteiger partial charge in [-0.15, -0.1) is 0 Å². The zero-order chi connectivity index (χ0) is 36.3. The van der Waals surface area contributed by atoms with Crippen molar-refractivity contribution >= 4 is 40.3 Å². The Morgan fingerprint density at radius 1 is 0.882 bits per heavy atom. The van der Waals surface area contributed by atoms with E-state index in [0.717, 1.165) is 50.9 Å². The summed E-state index contributed by atoms with van der Waals surface area (Å²) in [5, 5.41) is 22.0. The highest BCUT2D eigenvalue weighted by Gasteiger charge is 2.48. The summed E-state index contributed by atoms with van der Waals surface area (Å²) in [6, 6.07) is 5.71. The number of Topliss-reactive ketones (excluding diaryl/α,β-unsaturated/α-hetero) is 1. The number of hydrogen-bond acceptors (Lipinski definition) is 6. The summed E-state index contributed by atoms with van der Waals surface area (Å²) < 4.78 is 0. The number of allylic oxidation sites excluding steroid dienone is 2. The third-order valence-corrected chi connectivity index (χ3v) is 13.1. The number of nitrogens with zero attached hydrogens (tertiary/aromatic N) is 3. The third-order valence-electron chi connectivity index (χ3n) is 13.1. The minimum atomic E-state index is -0.618. The number of hydrogen-bond donors (Lipinski definition) is 2. The molecule has 0 radical (unpaired) electrons. The molecule has 1 heterocycles. The number of ketones is 1. The zero-order valence-electron chi connectivity index (χ0n) is 32.0. The van der Waals surface area contributed by atoms with E-state index in [1.165, 1.54) is 64.2 Å². The Kier molecular flexibility index (Phi) is 11.8. The Bertz CT molecular complexity index is 1550. The molecule has 3 fully saturated rings. The fourth-order valence-electron chi connectivity index (χ4n) is 9.44. The van der Waals surface area contributed by atoms with Crippen LogP contribution in [0.1, 0.15) is 149 Å². The van der Waals surface area contributed by atoms with Gasteiger partial charge in [0.1, 0.15) is 5.76 Å². The van der Waals surface area contributed by atoms with Crippen LogP contribution in [0.25, 0.3) is 5.57 Å². The summed E-state index contributed by atoms with van der Waals surface area (Å²) in [7, 11) is 0. The molecule has 8 heteroatoms. The van der Waals surface area contributed by atoms with Crippen LogP contribution in [-0.2, 0) is 14.4 Å². The maximum absolute atomic E-state index is 14.8. The first kappa shape index (κ1) is 37.3. The number of hydrazone groups is 1. The van der Waals surface area contributed by atoms with Crippen LogP contribution in [-0.4, -0.2) is 52.6 Å². The second-order valence-corrected chi connectivity index (χ2v) is 16.6. The Labute approximate surface area is 306 Å². The molecule has 278 valence electrons. The molecule has 6 rings (SSSR count). The SMILES string of the molecule is CCN(CC)c1ccc(C2=C(O)/C(=C3\C(=O)N(C(C4CCCCC4)C4CCCCC4)N=C3CCC3CCCC3)C2=O)c(NC(=O)C(C)(C)CC)c1. The fraction of sp³-hybridized carbons (Fsp3) is 0.674. The number of benzene rings is 1. The number of carbonyl (C=O) groups excluding carboxylic acids is 3. The van der Waals surface area contributed by atoms with Crippen LogP contribution in [0.5, 0.6) is 0 Å². The first-order valence-electron chi connectivity index (χ1n) is 20.4. The summed E-state index contributed by atoms with van der Waals surface area (Å²) in [5.41, 5.74) is 2.53. The molecule has 51 heavy (non-hydrogen) atoms. The zero-order valence-corrected chi connectivity index (χ0v) is 32.0. The average molecular weight is 699 g/mol. The largest absolute Gasteiger partial charge is 0.506 e. The Hall–Kier alpha value is -3.42. The van der Waals surface area contributed by atoms with Gasteiger partial charge in [-0.3, -0.25) is 14.4 Å². The monoisotopic (exact) mass is 698 g/mol. The van der Waals surface area contributed by atoms with Gasteiger partial charge in [-0.2, -0.15) is 5.10 Å². The highest BCUT2D eigenvalue weighted by Crippen LogP contribution is 2.46. The van der Waals surface area contributed by atoms with Gasteiger partial charge < -0.3 is 15.3 Å². The molecule has 1 aromatic rings. The number of nitrogens with one attached hydrogen (secondary N) is 1. The van der Waals surface area contributed by atoms with E-state index < -0.39 is 5.41 Å². The van der Waals surface area contributed by atoms with Crippen LogP contribution in [0.15, 0.2) is 40.2 Å². The van der Waals surface area contributed by atoms with E-state index in [1.54, 1.807) is 5.01 Å². The van der Waals surface area contributed by atoms with Crippen LogP contribution < -0.4 is 10.2 Å². The second-order valence-electron chi connectivity index (χ2n) is 16.6. The molecule has 1 aromatic carbocycles. The van der Waals surface area contributed by atoms with E-state index >= 15 is 0 Å². The highest BCUT2D eigenvalue weighted by molar-refractivity contribution is 6.44. The number of rotatable bonds is 13. The van der Waals surface area contributed by atoms with Gasteiger partial charge in [-0.05, 0) is 94.7 Å². The number of amides is 2. The molecule has 2 amide bonds. The number of aliphatic hydroxyl groups excluding tert-OH is 1. The van der Waals surface area contributed by atoms with Gasteiger partial charge >= 0.3 is 0 Å². The molecule has 0 spiro atoms. The standard InChI is InChI=1S/C43H62N4O4/c1-6-43(4,5)42(51)44-34-27-31(46(7-2)8-3)24-25-32(34)35-39(48)37(40(35)49)36-33(26-23-28-17-15-16-18-28)45-47(41(36)50)38(29-19-11-9-12-20-29)30-21-13-10-14-22-30/h24-25,27-30,38,48H,6-23,26H2,1-5H3,(H,44,51)/b37-36+. The summed E-state index contributed by atoms with van der Waals surface area (Å²) >= 11 is 0. The summed E-state index contributed by atoms with van der Waals surface area (Å²) in [5.74, 6) is 0.569. The van der Waals surface area contributed by atoms with Crippen molar-refractivity contribution in [2.45, 2.75) is 150 Å². The van der Waals surface area contributed by atoms with Crippen LogP contribution >= 0.6 is 0 Å². The predicted octanol–water partition coefficient (Wildman–Crippen LogP) is 9.75. The van der Waals surface area contributed by atoms with Crippen molar-refractivity contribution in [3.05, 3.63) is 40.7 Å². The molecule has 1 aliphatic heterocycles. The van der Waals surface area contributed by atoms with Crippen LogP contribution in [0.2, 0.25) is 0 Å². The van der Waals surface area contributed by atoms with Crippen molar-refractivity contribution in [1.29, 1.82) is 0 Å². The van der Waals surface area contributed by atoms with Gasteiger partial charge in [0.25, 0.3) is 5.91 Å². The first-order chi connectivity index (χ1) is 24.6. The maximum Gasteiger partial charge on any atom is 0.277 e. The Morgan fingerprint density at radius 3 is 2.02 bits per heavy atom. The van der Waals surface area contributed by atoms with Gasteiger partial charge in [0.05, 0.1) is 34.2 Å². The van der Waals surface area contributed by atoms with Crippen molar-refractivity contribution in [2.75, 3.05) is 23.3 Å². The molecule has 4 aliphatic carbocycles. The van der Waals surface area contributed by atoms with Crippen LogP contribution in [0.4, 0.5) is 11.4 Å². The summed E-state index contributed by atoms with van der Waals surface area (Å²) in [4.78, 5) is 44.8. The van der Waals surface area contributed by atoms with Crippen molar-refractivity contribution in [3.63, 3.8) is 0 Å². The molecule has 0 unspecified atom stereocenters. The van der Waals surface area contributed by atoms with Gasteiger partial charge in [0.15, 0.2) is 0 Å². The average Bonchev–Trinajstić information content (AvgIpc) is 3.78. The fourth-order valence-corrected chi connectivity index (χ4v) is 9.44. The highest BCUT2D eigenvalue weighted by atomic mass is 16.3. The lowest BCUT2D eigenvalue weighted by molar-refractivity contribution is -0.131. The van der Waals surface area contributed by atoms with Crippen LogP contribution in [0, 0.1) is 23.2 Å². The van der Waals surface area contributed by atoms with E-state index in [1.807, 2.05) is 39.0 Å². The van der Waals surface area contributed by atoms with E-state index in [4.69, 9.17) is 5.10 Å². The molecular weight excluding hydrogens is 636 g/mol. The first-order valence-corrected chi connectivity index (χ1v) is 20.4. The smallest absolute Gasteiger partial charge is 0.277 e. The number of aliphatic hydroxyl groups is 1. The van der Waals surface area contributed by atoms with Crippen molar-refractivity contribution in [3.8, 4) is 0 Å². The van der Waals surface area contributed by atoms with Crippen molar-refractivity contribution < 1.29 is 19.5 Å². The summed E-state index contributed by atoms with van der Waals surface area (Å²) in [6.07, 6.45) is 18.8. The molecule has 0 aromatic heterocycles. The minimum absolute atomic E-state index is 0.0369. The van der Waals surface area contributed by atoms with Gasteiger partial charge in [0.2, 0.25) is 11.7 Å². The predicted molar refractivity (Wildman–Crippen MR) is 207 cm³/mol. The van der Waals surface area contributed by atoms with E-state index in [0.29, 0.717) is 53.1 Å². The van der Waals surface area contributed by atoms with Crippen molar-refractivity contribution in [2.24, 2.45) is 28.3 Å². The lowest BCUT2D eigenvalue weighted by Crippen LogP contribution is -2.46. The molecule has 0 saturated heterocycles. The quantitative estimate of drug-likeness (QED) is 0.200. The van der Waals surface area contributed by atoms with Gasteiger partial charge in [-0.1, -0.05) is 85.0 Å². The molecule has 2 N–H and O–H groups in total. The number of carbonyl (C=O) groups is 3. The second kappa shape index (κ2) is 16.1. The molecule has 0 atom stereocenters. The lowest BCUT2D eigenvalue weighted by Gasteiger charge is -2.41. The molecule has 8 nitrogen and oxygen atoms in total. The molecule has 5 aliphatic rings. The molecule has 0 bridgehead atoms.